The Labute approximate surface area is 118 Å². The fraction of sp³-hybridized carbons (Fsp3) is 0.538. The van der Waals surface area contributed by atoms with Crippen molar-refractivity contribution in [2.45, 2.75) is 25.8 Å². The molecule has 0 saturated heterocycles. The van der Waals surface area contributed by atoms with Crippen LogP contribution in [-0.4, -0.2) is 24.6 Å². The molecule has 0 aliphatic heterocycles. The summed E-state index contributed by atoms with van der Waals surface area (Å²) in [5.41, 5.74) is 1.12. The summed E-state index contributed by atoms with van der Waals surface area (Å²) >= 11 is 14.1. The Hall–Kier alpha value is 0.110. The Bertz CT molecular complexity index is 344. The van der Waals surface area contributed by atoms with Crippen molar-refractivity contribution in [2.75, 3.05) is 18.6 Å². The van der Waals surface area contributed by atoms with Gasteiger partial charge in [0, 0.05) is 21.8 Å². The van der Waals surface area contributed by atoms with Gasteiger partial charge >= 0.3 is 0 Å². The summed E-state index contributed by atoms with van der Waals surface area (Å²) in [7, 11) is 2.00. The van der Waals surface area contributed by atoms with Crippen LogP contribution in [0.25, 0.3) is 0 Å². The average Bonchev–Trinajstić information content (AvgIpc) is 2.32. The summed E-state index contributed by atoms with van der Waals surface area (Å²) in [4.78, 5) is 0. The minimum Gasteiger partial charge on any atom is -0.316 e. The van der Waals surface area contributed by atoms with Gasteiger partial charge in [0.1, 0.15) is 0 Å². The second-order valence-corrected chi connectivity index (χ2v) is 5.99. The third kappa shape index (κ3) is 5.52. The highest BCUT2D eigenvalue weighted by Crippen LogP contribution is 2.22. The number of likely N-dealkylation sites (N-methyl/N-ethyl adjacent to an activating group) is 1. The molecule has 17 heavy (non-hydrogen) atoms. The SMILES string of the molecule is CCCSCC(Cc1cc(Cl)ccc1Cl)NC. The Morgan fingerprint density at radius 1 is 1.35 bits per heavy atom. The number of halogens is 2. The van der Waals surface area contributed by atoms with Gasteiger partial charge < -0.3 is 5.32 Å². The molecule has 96 valence electrons. The maximum atomic E-state index is 6.17. The minimum absolute atomic E-state index is 0.447. The van der Waals surface area contributed by atoms with Crippen LogP contribution in [0.3, 0.4) is 0 Å². The van der Waals surface area contributed by atoms with Crippen LogP contribution >= 0.6 is 35.0 Å². The zero-order valence-electron chi connectivity index (χ0n) is 10.3. The van der Waals surface area contributed by atoms with Gasteiger partial charge in [-0.25, -0.2) is 0 Å². The first kappa shape index (κ1) is 15.2. The second-order valence-electron chi connectivity index (χ2n) is 4.00. The van der Waals surface area contributed by atoms with Gasteiger partial charge in [0.25, 0.3) is 0 Å². The molecular weight excluding hydrogens is 273 g/mol. The van der Waals surface area contributed by atoms with E-state index in [-0.39, 0.29) is 0 Å². The van der Waals surface area contributed by atoms with E-state index in [0.29, 0.717) is 6.04 Å². The normalized spacial score (nSPS) is 12.7. The standard InChI is InChI=1S/C13H19Cl2NS/c1-3-6-17-9-12(16-2)8-10-7-11(14)4-5-13(10)15/h4-5,7,12,16H,3,6,8-9H2,1-2H3. The molecule has 1 nitrogen and oxygen atoms in total. The van der Waals surface area contributed by atoms with Gasteiger partial charge in [0.15, 0.2) is 0 Å². The molecule has 0 heterocycles. The molecule has 0 bridgehead atoms. The molecule has 0 saturated carbocycles. The summed E-state index contributed by atoms with van der Waals surface area (Å²) in [5.74, 6) is 2.31. The van der Waals surface area contributed by atoms with E-state index in [4.69, 9.17) is 23.2 Å². The quantitative estimate of drug-likeness (QED) is 0.753. The molecule has 1 aromatic rings. The van der Waals surface area contributed by atoms with E-state index in [9.17, 15) is 0 Å². The molecular formula is C13H19Cl2NS. The number of nitrogens with one attached hydrogen (secondary N) is 1. The maximum absolute atomic E-state index is 6.17. The lowest BCUT2D eigenvalue weighted by Crippen LogP contribution is -2.30. The molecule has 4 heteroatoms. The number of thioether (sulfide) groups is 1. The van der Waals surface area contributed by atoms with Crippen LogP contribution in [0.5, 0.6) is 0 Å². The molecule has 1 aromatic carbocycles. The lowest BCUT2D eigenvalue weighted by molar-refractivity contribution is 0.617. The first-order chi connectivity index (χ1) is 8.17. The van der Waals surface area contributed by atoms with Crippen LogP contribution in [0.15, 0.2) is 18.2 Å². The van der Waals surface area contributed by atoms with Crippen LogP contribution in [0.2, 0.25) is 10.0 Å². The Kier molecular flexibility index (Phi) is 7.36. The topological polar surface area (TPSA) is 12.0 Å². The predicted octanol–water partition coefficient (Wildman–Crippen LogP) is 4.27. The van der Waals surface area contributed by atoms with Crippen LogP contribution in [-0.2, 0) is 6.42 Å². The number of rotatable bonds is 7. The molecule has 1 atom stereocenters. The third-order valence-electron chi connectivity index (χ3n) is 2.55. The van der Waals surface area contributed by atoms with Crippen molar-refractivity contribution in [3.63, 3.8) is 0 Å². The van der Waals surface area contributed by atoms with Gasteiger partial charge in [-0.1, -0.05) is 30.1 Å². The predicted molar refractivity (Wildman–Crippen MR) is 80.6 cm³/mol. The molecule has 0 spiro atoms. The van der Waals surface area contributed by atoms with Gasteiger partial charge in [-0.15, -0.1) is 0 Å². The highest BCUT2D eigenvalue weighted by atomic mass is 35.5. The smallest absolute Gasteiger partial charge is 0.0439 e. The minimum atomic E-state index is 0.447. The largest absolute Gasteiger partial charge is 0.316 e. The highest BCUT2D eigenvalue weighted by molar-refractivity contribution is 7.99. The molecule has 1 rings (SSSR count). The van der Waals surface area contributed by atoms with E-state index in [1.54, 1.807) is 0 Å². The molecule has 1 N–H and O–H groups in total. The first-order valence-electron chi connectivity index (χ1n) is 5.86. The van der Waals surface area contributed by atoms with Gasteiger partial charge in [-0.2, -0.15) is 11.8 Å². The van der Waals surface area contributed by atoms with Crippen molar-refractivity contribution >= 4 is 35.0 Å². The summed E-state index contributed by atoms with van der Waals surface area (Å²) in [5, 5.41) is 4.89. The zero-order valence-corrected chi connectivity index (χ0v) is 12.6. The van der Waals surface area contributed by atoms with E-state index in [2.05, 4.69) is 12.2 Å². The molecule has 0 aliphatic rings. The molecule has 0 amide bonds. The van der Waals surface area contributed by atoms with Gasteiger partial charge in [-0.3, -0.25) is 0 Å². The van der Waals surface area contributed by atoms with E-state index in [1.165, 1.54) is 12.2 Å². The highest BCUT2D eigenvalue weighted by Gasteiger charge is 2.10. The van der Waals surface area contributed by atoms with Crippen molar-refractivity contribution in [1.82, 2.24) is 5.32 Å². The first-order valence-corrected chi connectivity index (χ1v) is 7.77. The molecule has 0 aromatic heterocycles. The van der Waals surface area contributed by atoms with Crippen molar-refractivity contribution < 1.29 is 0 Å². The van der Waals surface area contributed by atoms with E-state index >= 15 is 0 Å². The van der Waals surface area contributed by atoms with Gasteiger partial charge in [0.05, 0.1) is 0 Å². The summed E-state index contributed by atoms with van der Waals surface area (Å²) in [6.45, 7) is 2.20. The fourth-order valence-corrected chi connectivity index (χ4v) is 2.99. The third-order valence-corrected chi connectivity index (χ3v) is 4.49. The fourth-order valence-electron chi connectivity index (χ4n) is 1.58. The zero-order chi connectivity index (χ0) is 12.7. The summed E-state index contributed by atoms with van der Waals surface area (Å²) in [6, 6.07) is 6.10. The van der Waals surface area contributed by atoms with Crippen LogP contribution in [0.4, 0.5) is 0 Å². The van der Waals surface area contributed by atoms with E-state index in [1.807, 2.05) is 37.0 Å². The Morgan fingerprint density at radius 2 is 2.12 bits per heavy atom. The lowest BCUT2D eigenvalue weighted by Gasteiger charge is -2.16. The maximum Gasteiger partial charge on any atom is 0.0439 e. The monoisotopic (exact) mass is 291 g/mol. The van der Waals surface area contributed by atoms with Crippen molar-refractivity contribution in [3.05, 3.63) is 33.8 Å². The molecule has 0 fully saturated rings. The van der Waals surface area contributed by atoms with Crippen molar-refractivity contribution in [2.24, 2.45) is 0 Å². The van der Waals surface area contributed by atoms with Crippen LogP contribution in [0.1, 0.15) is 18.9 Å². The molecule has 0 aliphatic carbocycles. The molecule has 1 unspecified atom stereocenters. The van der Waals surface area contributed by atoms with Crippen molar-refractivity contribution in [3.8, 4) is 0 Å². The summed E-state index contributed by atoms with van der Waals surface area (Å²) in [6.07, 6.45) is 2.14. The Morgan fingerprint density at radius 3 is 2.76 bits per heavy atom. The van der Waals surface area contributed by atoms with Crippen LogP contribution in [0, 0.1) is 0 Å². The van der Waals surface area contributed by atoms with E-state index < -0.39 is 0 Å². The number of benzene rings is 1. The summed E-state index contributed by atoms with van der Waals surface area (Å²) < 4.78 is 0. The second kappa shape index (κ2) is 8.25. The number of hydrogen-bond acceptors (Lipinski definition) is 2. The lowest BCUT2D eigenvalue weighted by atomic mass is 10.1. The van der Waals surface area contributed by atoms with E-state index in [0.717, 1.165) is 27.8 Å². The van der Waals surface area contributed by atoms with Gasteiger partial charge in [0.2, 0.25) is 0 Å². The molecule has 0 radical (unpaired) electrons. The van der Waals surface area contributed by atoms with Crippen LogP contribution < -0.4 is 5.32 Å². The number of hydrogen-bond donors (Lipinski definition) is 1. The average molecular weight is 292 g/mol. The Balaban J connectivity index is 2.57. The van der Waals surface area contributed by atoms with Crippen molar-refractivity contribution in [1.29, 1.82) is 0 Å². The van der Waals surface area contributed by atoms with Gasteiger partial charge in [-0.05, 0) is 49.4 Å².